The fourth-order valence-electron chi connectivity index (χ4n) is 4.97. The molecule has 0 saturated carbocycles. The number of fused-ring (bicyclic) bond motifs is 2. The lowest BCUT2D eigenvalue weighted by molar-refractivity contribution is 0.0936. The van der Waals surface area contributed by atoms with Crippen molar-refractivity contribution in [2.45, 2.75) is 51.6 Å². The number of nitrogens with zero attached hydrogens (tertiary/aromatic N) is 2. The quantitative estimate of drug-likeness (QED) is 0.497. The maximum Gasteiger partial charge on any atom is 0.252 e. The van der Waals surface area contributed by atoms with Crippen molar-refractivity contribution >= 4 is 5.91 Å². The molecule has 3 N–H and O–H groups in total. The normalized spacial score (nSPS) is 16.3. The number of carbonyl (C=O) groups excluding carboxylic acids is 1. The van der Waals surface area contributed by atoms with Gasteiger partial charge in [0.25, 0.3) is 5.91 Å². The molecule has 1 atom stereocenters. The number of nitrogens with two attached hydrogens (primary N) is 1. The van der Waals surface area contributed by atoms with E-state index in [0.717, 1.165) is 54.9 Å². The van der Waals surface area contributed by atoms with E-state index in [1.807, 2.05) is 6.92 Å². The van der Waals surface area contributed by atoms with E-state index in [-0.39, 0.29) is 11.9 Å². The molecule has 5 rings (SSSR count). The van der Waals surface area contributed by atoms with Crippen LogP contribution < -0.4 is 20.5 Å². The maximum atomic E-state index is 13.3. The fraction of sp³-hybridized carbons (Fsp3) is 0.407. The molecule has 1 amide bonds. The third-order valence-electron chi connectivity index (χ3n) is 6.88. The van der Waals surface area contributed by atoms with Gasteiger partial charge in [0.05, 0.1) is 25.5 Å². The Morgan fingerprint density at radius 3 is 2.88 bits per heavy atom. The van der Waals surface area contributed by atoms with Gasteiger partial charge in [-0.25, -0.2) is 4.98 Å². The SMILES string of the molecule is COc1cc(C(=O)N[C@@H]2CCc3ccc(-c4cn5c(n4)CCC5)cc32)cc(OCCCN)c1C. The van der Waals surface area contributed by atoms with Crippen LogP contribution in [0.25, 0.3) is 11.3 Å². The number of rotatable bonds is 8. The van der Waals surface area contributed by atoms with Gasteiger partial charge in [-0.05, 0) is 68.5 Å². The van der Waals surface area contributed by atoms with Crippen LogP contribution in [0, 0.1) is 6.92 Å². The number of imidazole rings is 1. The number of methoxy groups -OCH3 is 1. The summed E-state index contributed by atoms with van der Waals surface area (Å²) in [6, 6.07) is 10.1. The fourth-order valence-corrected chi connectivity index (χ4v) is 4.97. The summed E-state index contributed by atoms with van der Waals surface area (Å²) in [4.78, 5) is 18.1. The summed E-state index contributed by atoms with van der Waals surface area (Å²) < 4.78 is 13.6. The lowest BCUT2D eigenvalue weighted by Crippen LogP contribution is -2.27. The van der Waals surface area contributed by atoms with Crippen molar-refractivity contribution in [3.8, 4) is 22.8 Å². The van der Waals surface area contributed by atoms with Gasteiger partial charge in [0.2, 0.25) is 0 Å². The second-order valence-corrected chi connectivity index (χ2v) is 9.11. The Morgan fingerprint density at radius 1 is 1.24 bits per heavy atom. The first-order valence-electron chi connectivity index (χ1n) is 12.1. The van der Waals surface area contributed by atoms with Gasteiger partial charge in [-0.3, -0.25) is 4.79 Å². The molecule has 2 aromatic carbocycles. The first-order chi connectivity index (χ1) is 16.6. The Kier molecular flexibility index (Phi) is 6.28. The molecule has 1 aliphatic heterocycles. The molecule has 1 aliphatic carbocycles. The summed E-state index contributed by atoms with van der Waals surface area (Å²) in [5.74, 6) is 2.32. The van der Waals surface area contributed by atoms with Crippen LogP contribution in [0.15, 0.2) is 36.5 Å². The Hall–Kier alpha value is -3.32. The van der Waals surface area contributed by atoms with Gasteiger partial charge >= 0.3 is 0 Å². The monoisotopic (exact) mass is 460 g/mol. The molecule has 3 aromatic rings. The first kappa shape index (κ1) is 22.5. The zero-order valence-corrected chi connectivity index (χ0v) is 19.9. The van der Waals surface area contributed by atoms with Crippen LogP contribution in [0.1, 0.15) is 58.2 Å². The van der Waals surface area contributed by atoms with Crippen LogP contribution in [0.2, 0.25) is 0 Å². The zero-order valence-electron chi connectivity index (χ0n) is 19.9. The zero-order chi connectivity index (χ0) is 23.7. The molecule has 7 nitrogen and oxygen atoms in total. The smallest absolute Gasteiger partial charge is 0.252 e. The Labute approximate surface area is 200 Å². The summed E-state index contributed by atoms with van der Waals surface area (Å²) in [5.41, 5.74) is 11.6. The van der Waals surface area contributed by atoms with E-state index in [9.17, 15) is 4.79 Å². The van der Waals surface area contributed by atoms with Crippen LogP contribution in [-0.2, 0) is 19.4 Å². The Bertz CT molecular complexity index is 1200. The largest absolute Gasteiger partial charge is 0.496 e. The molecule has 2 heterocycles. The molecule has 0 bridgehead atoms. The standard InChI is InChI=1S/C27H32N4O3/c1-17-24(33-2)14-20(15-25(17)34-12-4-10-28)27(32)30-22-9-8-18-6-7-19(13-21(18)22)23-16-31-11-3-5-26(31)29-23/h6-7,13-16,22H,3-5,8-12,28H2,1-2H3,(H,30,32)/t22-/m1/s1. The number of carbonyl (C=O) groups is 1. The average molecular weight is 461 g/mol. The third-order valence-corrected chi connectivity index (χ3v) is 6.88. The molecular weight excluding hydrogens is 428 g/mol. The van der Waals surface area contributed by atoms with E-state index >= 15 is 0 Å². The molecule has 7 heteroatoms. The number of ether oxygens (including phenoxy) is 2. The van der Waals surface area contributed by atoms with Gasteiger partial charge in [-0.15, -0.1) is 0 Å². The van der Waals surface area contributed by atoms with Crippen LogP contribution in [0.5, 0.6) is 11.5 Å². The lowest BCUT2D eigenvalue weighted by atomic mass is 10.0. The van der Waals surface area contributed by atoms with Crippen molar-refractivity contribution in [2.75, 3.05) is 20.3 Å². The van der Waals surface area contributed by atoms with Gasteiger partial charge in [0.1, 0.15) is 17.3 Å². The molecule has 178 valence electrons. The van der Waals surface area contributed by atoms with Crippen LogP contribution >= 0.6 is 0 Å². The molecule has 0 radical (unpaired) electrons. The van der Waals surface area contributed by atoms with E-state index in [4.69, 9.17) is 20.2 Å². The highest BCUT2D eigenvalue weighted by Crippen LogP contribution is 2.36. The van der Waals surface area contributed by atoms with Gasteiger partial charge in [0.15, 0.2) is 0 Å². The van der Waals surface area contributed by atoms with E-state index in [1.165, 1.54) is 17.5 Å². The van der Waals surface area contributed by atoms with Crippen molar-refractivity contribution in [1.29, 1.82) is 0 Å². The molecule has 0 spiro atoms. The average Bonchev–Trinajstić information content (AvgIpc) is 3.55. The first-order valence-corrected chi connectivity index (χ1v) is 12.1. The maximum absolute atomic E-state index is 13.3. The highest BCUT2D eigenvalue weighted by molar-refractivity contribution is 5.95. The minimum absolute atomic E-state index is 0.0363. The minimum Gasteiger partial charge on any atom is -0.496 e. The predicted molar refractivity (Wildman–Crippen MR) is 131 cm³/mol. The van der Waals surface area contributed by atoms with Crippen molar-refractivity contribution < 1.29 is 14.3 Å². The molecule has 2 aliphatic rings. The van der Waals surface area contributed by atoms with Crippen LogP contribution in [-0.4, -0.2) is 35.7 Å². The number of hydrogen-bond donors (Lipinski definition) is 2. The number of nitrogens with one attached hydrogen (secondary N) is 1. The van der Waals surface area contributed by atoms with Crippen molar-refractivity contribution in [3.63, 3.8) is 0 Å². The second-order valence-electron chi connectivity index (χ2n) is 9.11. The topological polar surface area (TPSA) is 91.4 Å². The Balaban J connectivity index is 1.36. The van der Waals surface area contributed by atoms with Gasteiger partial charge < -0.3 is 25.1 Å². The highest BCUT2D eigenvalue weighted by atomic mass is 16.5. The predicted octanol–water partition coefficient (Wildman–Crippen LogP) is 3.96. The van der Waals surface area contributed by atoms with E-state index < -0.39 is 0 Å². The molecule has 34 heavy (non-hydrogen) atoms. The minimum atomic E-state index is -0.133. The van der Waals surface area contributed by atoms with Gasteiger partial charge in [-0.1, -0.05) is 12.1 Å². The summed E-state index contributed by atoms with van der Waals surface area (Å²) in [5, 5.41) is 3.24. The molecule has 0 fully saturated rings. The van der Waals surface area contributed by atoms with Crippen molar-refractivity contribution in [1.82, 2.24) is 14.9 Å². The number of amides is 1. The number of benzene rings is 2. The van der Waals surface area contributed by atoms with Crippen LogP contribution in [0.3, 0.4) is 0 Å². The molecule has 1 aromatic heterocycles. The van der Waals surface area contributed by atoms with Crippen LogP contribution in [0.4, 0.5) is 0 Å². The summed E-state index contributed by atoms with van der Waals surface area (Å²) in [6.07, 6.45) is 6.94. The van der Waals surface area contributed by atoms with Gasteiger partial charge in [0, 0.05) is 35.9 Å². The number of aromatic nitrogens is 2. The third kappa shape index (κ3) is 4.28. The van der Waals surface area contributed by atoms with E-state index in [1.54, 1.807) is 19.2 Å². The Morgan fingerprint density at radius 2 is 2.09 bits per heavy atom. The summed E-state index contributed by atoms with van der Waals surface area (Å²) in [6.45, 7) is 4.03. The molecule has 0 unspecified atom stereocenters. The van der Waals surface area contributed by atoms with Crippen molar-refractivity contribution in [2.24, 2.45) is 5.73 Å². The van der Waals surface area contributed by atoms with E-state index in [2.05, 4.69) is 34.3 Å². The number of hydrogen-bond acceptors (Lipinski definition) is 5. The van der Waals surface area contributed by atoms with Gasteiger partial charge in [-0.2, -0.15) is 0 Å². The lowest BCUT2D eigenvalue weighted by Gasteiger charge is -2.17. The second kappa shape index (κ2) is 9.50. The summed E-state index contributed by atoms with van der Waals surface area (Å²) >= 11 is 0. The van der Waals surface area contributed by atoms with E-state index in [0.29, 0.717) is 30.2 Å². The van der Waals surface area contributed by atoms with Crippen molar-refractivity contribution in [3.05, 3.63) is 64.6 Å². The molecule has 0 saturated heterocycles. The highest BCUT2D eigenvalue weighted by Gasteiger charge is 2.26. The summed E-state index contributed by atoms with van der Waals surface area (Å²) in [7, 11) is 1.61. The molecular formula is C27H32N4O3. The number of aryl methyl sites for hydroxylation is 3.